The van der Waals surface area contributed by atoms with Crippen LogP contribution >= 0.6 is 0 Å². The van der Waals surface area contributed by atoms with Gasteiger partial charge in [-0.2, -0.15) is 0 Å². The topological polar surface area (TPSA) is 97.7 Å². The molecular formula is C35H43NO7. The van der Waals surface area contributed by atoms with Gasteiger partial charge in [-0.1, -0.05) is 44.7 Å². The van der Waals surface area contributed by atoms with Gasteiger partial charge in [0.15, 0.2) is 23.0 Å². The van der Waals surface area contributed by atoms with Gasteiger partial charge in [-0.15, -0.1) is 0 Å². The summed E-state index contributed by atoms with van der Waals surface area (Å²) < 4.78 is 22.7. The lowest BCUT2D eigenvalue weighted by molar-refractivity contribution is 0.0754. The highest BCUT2D eigenvalue weighted by Gasteiger charge is 2.55. The van der Waals surface area contributed by atoms with Gasteiger partial charge < -0.3 is 34.1 Å². The molecule has 4 rings (SSSR count). The second-order valence-corrected chi connectivity index (χ2v) is 11.0. The molecule has 43 heavy (non-hydrogen) atoms. The number of methoxy groups -OCH3 is 2. The smallest absolute Gasteiger partial charge is 0.253 e. The molecule has 1 aliphatic carbocycles. The first kappa shape index (κ1) is 31.6. The molecule has 1 aliphatic rings. The Morgan fingerprint density at radius 3 is 2.19 bits per heavy atom. The van der Waals surface area contributed by atoms with Crippen LogP contribution < -0.4 is 18.9 Å². The molecule has 0 fully saturated rings. The van der Waals surface area contributed by atoms with Crippen LogP contribution in [0.1, 0.15) is 67.4 Å². The highest BCUT2D eigenvalue weighted by molar-refractivity contribution is 5.94. The van der Waals surface area contributed by atoms with E-state index in [0.29, 0.717) is 53.8 Å². The van der Waals surface area contributed by atoms with Gasteiger partial charge in [-0.25, -0.2) is 0 Å². The number of benzene rings is 3. The molecule has 8 heteroatoms. The van der Waals surface area contributed by atoms with Crippen LogP contribution in [0.25, 0.3) is 0 Å². The minimum Gasteiger partial charge on any atom is -0.505 e. The first-order chi connectivity index (χ1) is 20.7. The quantitative estimate of drug-likeness (QED) is 0.164. The zero-order valence-corrected chi connectivity index (χ0v) is 25.8. The standard InChI is InChI=1S/C35H43NO7/c1-6-7-8-9-10-19-36(20-18-25-14-16-30(40-4)31(22-25)41-5)34(39)26-12-11-13-27(23-26)42-28-15-17-29(24(2)21-28)43-35(3)32(37)33(35)38/h11-17,21-23,37-38H,6-10,18-20H2,1-5H3. The summed E-state index contributed by atoms with van der Waals surface area (Å²) in [6.07, 6.45) is 6.27. The number of hydrogen-bond donors (Lipinski definition) is 2. The van der Waals surface area contributed by atoms with Crippen molar-refractivity contribution < 1.29 is 34.0 Å². The summed E-state index contributed by atoms with van der Waals surface area (Å²) in [6.45, 7) is 6.92. The van der Waals surface area contributed by atoms with Gasteiger partial charge in [0.25, 0.3) is 5.91 Å². The van der Waals surface area contributed by atoms with E-state index in [2.05, 4.69) is 6.92 Å². The number of carbonyl (C=O) groups excluding carboxylic acids is 1. The van der Waals surface area contributed by atoms with Crippen LogP contribution in [0, 0.1) is 6.92 Å². The fourth-order valence-electron chi connectivity index (χ4n) is 4.98. The minimum absolute atomic E-state index is 0.0360. The molecule has 8 nitrogen and oxygen atoms in total. The predicted molar refractivity (Wildman–Crippen MR) is 167 cm³/mol. The number of aryl methyl sites for hydroxylation is 1. The lowest BCUT2D eigenvalue weighted by Crippen LogP contribution is -2.34. The van der Waals surface area contributed by atoms with E-state index in [4.69, 9.17) is 18.9 Å². The number of aliphatic hydroxyl groups is 2. The van der Waals surface area contributed by atoms with E-state index in [0.717, 1.165) is 24.0 Å². The molecule has 0 saturated heterocycles. The second-order valence-electron chi connectivity index (χ2n) is 11.0. The van der Waals surface area contributed by atoms with Crippen molar-refractivity contribution in [2.24, 2.45) is 0 Å². The van der Waals surface area contributed by atoms with Crippen LogP contribution in [0.3, 0.4) is 0 Å². The third kappa shape index (κ3) is 7.74. The van der Waals surface area contributed by atoms with E-state index in [-0.39, 0.29) is 17.4 Å². The summed E-state index contributed by atoms with van der Waals surface area (Å²) in [5.74, 6) is 2.65. The number of hydrogen-bond acceptors (Lipinski definition) is 7. The third-order valence-corrected chi connectivity index (χ3v) is 7.78. The molecule has 0 aliphatic heterocycles. The largest absolute Gasteiger partial charge is 0.505 e. The summed E-state index contributed by atoms with van der Waals surface area (Å²) in [5.41, 5.74) is 1.25. The molecule has 0 atom stereocenters. The molecular weight excluding hydrogens is 546 g/mol. The first-order valence-electron chi connectivity index (χ1n) is 14.9. The predicted octanol–water partition coefficient (Wildman–Crippen LogP) is 7.94. The average molecular weight is 590 g/mol. The molecule has 0 bridgehead atoms. The maximum atomic E-state index is 13.8. The zero-order chi connectivity index (χ0) is 31.0. The van der Waals surface area contributed by atoms with E-state index in [1.54, 1.807) is 39.3 Å². The van der Waals surface area contributed by atoms with Crippen molar-refractivity contribution in [1.82, 2.24) is 4.90 Å². The van der Waals surface area contributed by atoms with Crippen LogP contribution in [0.2, 0.25) is 0 Å². The van der Waals surface area contributed by atoms with Crippen molar-refractivity contribution in [3.05, 3.63) is 88.9 Å². The van der Waals surface area contributed by atoms with Crippen molar-refractivity contribution in [2.45, 2.75) is 64.9 Å². The summed E-state index contributed by atoms with van der Waals surface area (Å²) in [7, 11) is 3.24. The van der Waals surface area contributed by atoms with Crippen molar-refractivity contribution in [3.63, 3.8) is 0 Å². The molecule has 0 unspecified atom stereocenters. The van der Waals surface area contributed by atoms with E-state index in [1.165, 1.54) is 19.3 Å². The lowest BCUT2D eigenvalue weighted by Gasteiger charge is -2.23. The number of rotatable bonds is 16. The molecule has 0 radical (unpaired) electrons. The molecule has 3 aromatic carbocycles. The monoisotopic (exact) mass is 589 g/mol. The maximum absolute atomic E-state index is 13.8. The fraction of sp³-hybridized carbons (Fsp3) is 0.400. The van der Waals surface area contributed by atoms with Crippen LogP contribution in [-0.4, -0.2) is 53.9 Å². The summed E-state index contributed by atoms with van der Waals surface area (Å²) in [5, 5.41) is 19.4. The molecule has 0 spiro atoms. The fourth-order valence-corrected chi connectivity index (χ4v) is 4.98. The second kappa shape index (κ2) is 14.2. The van der Waals surface area contributed by atoms with Gasteiger partial charge in [0, 0.05) is 18.7 Å². The van der Waals surface area contributed by atoms with Crippen LogP contribution in [0.5, 0.6) is 28.7 Å². The summed E-state index contributed by atoms with van der Waals surface area (Å²) in [6, 6.07) is 18.4. The van der Waals surface area contributed by atoms with Gasteiger partial charge in [-0.3, -0.25) is 4.79 Å². The number of aliphatic hydroxyl groups excluding tert-OH is 2. The number of nitrogens with zero attached hydrogens (tertiary/aromatic N) is 1. The van der Waals surface area contributed by atoms with Gasteiger partial charge in [0.1, 0.15) is 17.2 Å². The van der Waals surface area contributed by atoms with E-state index in [9.17, 15) is 15.0 Å². The van der Waals surface area contributed by atoms with Crippen molar-refractivity contribution in [2.75, 3.05) is 27.3 Å². The van der Waals surface area contributed by atoms with Gasteiger partial charge in [0.05, 0.1) is 14.2 Å². The minimum atomic E-state index is -1.16. The molecule has 2 N–H and O–H groups in total. The third-order valence-electron chi connectivity index (χ3n) is 7.78. The Kier molecular flexibility index (Phi) is 10.5. The van der Waals surface area contributed by atoms with Gasteiger partial charge in [-0.05, 0) is 86.3 Å². The first-order valence-corrected chi connectivity index (χ1v) is 14.9. The highest BCUT2D eigenvalue weighted by atomic mass is 16.5. The van der Waals surface area contributed by atoms with Crippen LogP contribution in [0.4, 0.5) is 0 Å². The number of unbranched alkanes of at least 4 members (excludes halogenated alkanes) is 4. The average Bonchev–Trinajstić information content (AvgIpc) is 3.49. The van der Waals surface area contributed by atoms with Gasteiger partial charge >= 0.3 is 0 Å². The Hall–Kier alpha value is -4.33. The van der Waals surface area contributed by atoms with Crippen molar-refractivity contribution in [1.29, 1.82) is 0 Å². The Bertz CT molecular complexity index is 1440. The summed E-state index contributed by atoms with van der Waals surface area (Å²) in [4.78, 5) is 15.7. The molecule has 0 aromatic heterocycles. The molecule has 0 saturated carbocycles. The Morgan fingerprint density at radius 2 is 1.51 bits per heavy atom. The Morgan fingerprint density at radius 1 is 0.814 bits per heavy atom. The lowest BCUT2D eigenvalue weighted by atomic mass is 10.1. The van der Waals surface area contributed by atoms with E-state index >= 15 is 0 Å². The Balaban J connectivity index is 1.45. The Labute approximate surface area is 254 Å². The van der Waals surface area contributed by atoms with E-state index in [1.807, 2.05) is 54.3 Å². The number of ether oxygens (including phenoxy) is 4. The number of amides is 1. The SMILES string of the molecule is CCCCCCCN(CCc1ccc(OC)c(OC)c1)C(=O)c1cccc(Oc2ccc(OC3(C)C(O)=C3O)c(C)c2)c1. The van der Waals surface area contributed by atoms with Crippen molar-refractivity contribution in [3.8, 4) is 28.7 Å². The van der Waals surface area contributed by atoms with Crippen LogP contribution in [0.15, 0.2) is 72.2 Å². The molecule has 0 heterocycles. The molecule has 1 amide bonds. The van der Waals surface area contributed by atoms with Crippen molar-refractivity contribution >= 4 is 5.91 Å². The van der Waals surface area contributed by atoms with Crippen LogP contribution in [-0.2, 0) is 6.42 Å². The van der Waals surface area contributed by atoms with E-state index < -0.39 is 5.60 Å². The molecule has 230 valence electrons. The van der Waals surface area contributed by atoms with Gasteiger partial charge in [0.2, 0.25) is 5.60 Å². The molecule has 3 aromatic rings. The maximum Gasteiger partial charge on any atom is 0.253 e. The number of carbonyl (C=O) groups is 1. The normalized spacial score (nSPS) is 13.4. The zero-order valence-electron chi connectivity index (χ0n) is 25.8. The summed E-state index contributed by atoms with van der Waals surface area (Å²) >= 11 is 0. The highest BCUT2D eigenvalue weighted by Crippen LogP contribution is 2.44.